The molecule has 72 valence electrons. The van der Waals surface area contributed by atoms with E-state index in [1.54, 1.807) is 7.11 Å². The maximum Gasteiger partial charge on any atom is 0.0501 e. The van der Waals surface area contributed by atoms with Crippen molar-refractivity contribution >= 4 is 12.6 Å². The van der Waals surface area contributed by atoms with Crippen LogP contribution in [0.5, 0.6) is 0 Å². The Morgan fingerprint density at radius 3 is 2.58 bits per heavy atom. The van der Waals surface area contributed by atoms with Crippen LogP contribution in [0.15, 0.2) is 0 Å². The van der Waals surface area contributed by atoms with Crippen molar-refractivity contribution in [3.63, 3.8) is 0 Å². The molecule has 1 saturated carbocycles. The van der Waals surface area contributed by atoms with Crippen molar-refractivity contribution in [1.29, 1.82) is 0 Å². The fraction of sp³-hybridized carbons (Fsp3) is 1.00. The van der Waals surface area contributed by atoms with E-state index < -0.39 is 0 Å². The molecular formula is C10H20OS. The van der Waals surface area contributed by atoms with Gasteiger partial charge in [0.2, 0.25) is 0 Å². The molecule has 1 aliphatic rings. The molecule has 0 aromatic heterocycles. The Kier molecular flexibility index (Phi) is 3.91. The lowest BCUT2D eigenvalue weighted by Crippen LogP contribution is -2.34. The van der Waals surface area contributed by atoms with Crippen LogP contribution in [-0.4, -0.2) is 19.0 Å². The largest absolute Gasteiger partial charge is 0.384 e. The van der Waals surface area contributed by atoms with Gasteiger partial charge in [0.05, 0.1) is 6.61 Å². The summed E-state index contributed by atoms with van der Waals surface area (Å²) >= 11 is 4.66. The molecule has 1 nitrogen and oxygen atoms in total. The fourth-order valence-electron chi connectivity index (χ4n) is 2.07. The van der Waals surface area contributed by atoms with E-state index in [4.69, 9.17) is 4.74 Å². The van der Waals surface area contributed by atoms with Gasteiger partial charge in [-0.05, 0) is 24.2 Å². The molecule has 0 aromatic rings. The predicted molar refractivity (Wildman–Crippen MR) is 55.7 cm³/mol. The standard InChI is InChI=1S/C10H20OS/c1-7-4-5-9(6-11-3)10(12)8(7)2/h7-10,12H,4-6H2,1-3H3. The molecule has 0 saturated heterocycles. The molecule has 2 heteroatoms. The minimum absolute atomic E-state index is 0.536. The van der Waals surface area contributed by atoms with E-state index in [2.05, 4.69) is 26.5 Å². The van der Waals surface area contributed by atoms with Gasteiger partial charge in [0.15, 0.2) is 0 Å². The molecule has 4 atom stereocenters. The zero-order valence-electron chi connectivity index (χ0n) is 8.29. The molecule has 0 amide bonds. The van der Waals surface area contributed by atoms with Gasteiger partial charge in [-0.2, -0.15) is 12.6 Å². The van der Waals surface area contributed by atoms with E-state index in [-0.39, 0.29) is 0 Å². The van der Waals surface area contributed by atoms with Gasteiger partial charge >= 0.3 is 0 Å². The molecule has 0 aliphatic heterocycles. The highest BCUT2D eigenvalue weighted by Gasteiger charge is 2.32. The Hall–Kier alpha value is 0.310. The Labute approximate surface area is 81.3 Å². The SMILES string of the molecule is COCC1CCC(C)C(C)C1S. The molecule has 1 rings (SSSR count). The van der Waals surface area contributed by atoms with Crippen LogP contribution in [0, 0.1) is 17.8 Å². The van der Waals surface area contributed by atoms with Crippen molar-refractivity contribution in [2.45, 2.75) is 31.9 Å². The van der Waals surface area contributed by atoms with Crippen LogP contribution < -0.4 is 0 Å². The molecule has 0 N–H and O–H groups in total. The summed E-state index contributed by atoms with van der Waals surface area (Å²) in [5, 5.41) is 0.536. The van der Waals surface area contributed by atoms with Crippen LogP contribution in [0.1, 0.15) is 26.7 Å². The first kappa shape index (κ1) is 10.4. The molecule has 0 radical (unpaired) electrons. The van der Waals surface area contributed by atoms with Crippen LogP contribution in [0.2, 0.25) is 0 Å². The summed E-state index contributed by atoms with van der Waals surface area (Å²) in [7, 11) is 1.78. The van der Waals surface area contributed by atoms with Gasteiger partial charge in [-0.1, -0.05) is 20.3 Å². The van der Waals surface area contributed by atoms with Crippen molar-refractivity contribution in [3.05, 3.63) is 0 Å². The third kappa shape index (κ3) is 2.17. The van der Waals surface area contributed by atoms with Gasteiger partial charge < -0.3 is 4.74 Å². The van der Waals surface area contributed by atoms with Gasteiger partial charge in [-0.15, -0.1) is 0 Å². The van der Waals surface area contributed by atoms with E-state index in [9.17, 15) is 0 Å². The van der Waals surface area contributed by atoms with Crippen LogP contribution in [-0.2, 0) is 4.74 Å². The van der Waals surface area contributed by atoms with E-state index in [0.29, 0.717) is 11.2 Å². The van der Waals surface area contributed by atoms with Gasteiger partial charge in [0.1, 0.15) is 0 Å². The Morgan fingerprint density at radius 1 is 1.33 bits per heavy atom. The third-order valence-corrected chi connectivity index (χ3v) is 4.18. The quantitative estimate of drug-likeness (QED) is 0.655. The maximum absolute atomic E-state index is 5.19. The fourth-order valence-corrected chi connectivity index (χ4v) is 2.60. The third-order valence-electron chi connectivity index (χ3n) is 3.29. The van der Waals surface area contributed by atoms with Gasteiger partial charge in [0.25, 0.3) is 0 Å². The highest BCUT2D eigenvalue weighted by atomic mass is 32.1. The molecule has 0 aromatic carbocycles. The lowest BCUT2D eigenvalue weighted by Gasteiger charge is -2.37. The normalized spacial score (nSPS) is 43.0. The molecule has 0 spiro atoms. The van der Waals surface area contributed by atoms with Crippen molar-refractivity contribution < 1.29 is 4.74 Å². The minimum atomic E-state index is 0.536. The number of methoxy groups -OCH3 is 1. The lowest BCUT2D eigenvalue weighted by molar-refractivity contribution is 0.106. The first-order valence-electron chi connectivity index (χ1n) is 4.83. The minimum Gasteiger partial charge on any atom is -0.384 e. The van der Waals surface area contributed by atoms with Crippen molar-refractivity contribution in [1.82, 2.24) is 0 Å². The summed E-state index contributed by atoms with van der Waals surface area (Å²) in [6, 6.07) is 0. The van der Waals surface area contributed by atoms with Crippen molar-refractivity contribution in [3.8, 4) is 0 Å². The Bertz CT molecular complexity index is 138. The highest BCUT2D eigenvalue weighted by Crippen LogP contribution is 2.36. The summed E-state index contributed by atoms with van der Waals surface area (Å²) < 4.78 is 5.19. The first-order valence-corrected chi connectivity index (χ1v) is 5.35. The second kappa shape index (κ2) is 4.52. The first-order chi connectivity index (χ1) is 5.66. The second-order valence-corrected chi connectivity index (χ2v) is 4.72. The van der Waals surface area contributed by atoms with E-state index >= 15 is 0 Å². The molecule has 0 heterocycles. The summed E-state index contributed by atoms with van der Waals surface area (Å²) in [5.41, 5.74) is 0. The van der Waals surface area contributed by atoms with Crippen molar-refractivity contribution in [2.24, 2.45) is 17.8 Å². The lowest BCUT2D eigenvalue weighted by atomic mass is 9.75. The molecule has 1 fully saturated rings. The number of hydrogen-bond acceptors (Lipinski definition) is 2. The summed E-state index contributed by atoms with van der Waals surface area (Å²) in [6.07, 6.45) is 2.62. The zero-order chi connectivity index (χ0) is 9.14. The summed E-state index contributed by atoms with van der Waals surface area (Å²) in [5.74, 6) is 2.24. The molecule has 0 bridgehead atoms. The molecule has 12 heavy (non-hydrogen) atoms. The van der Waals surface area contributed by atoms with Gasteiger partial charge in [0, 0.05) is 12.4 Å². The summed E-state index contributed by atoms with van der Waals surface area (Å²) in [4.78, 5) is 0. The number of thiol groups is 1. The number of hydrogen-bond donors (Lipinski definition) is 1. The summed E-state index contributed by atoms with van der Waals surface area (Å²) in [6.45, 7) is 5.52. The Morgan fingerprint density at radius 2 is 2.00 bits per heavy atom. The molecule has 1 aliphatic carbocycles. The topological polar surface area (TPSA) is 9.23 Å². The van der Waals surface area contributed by atoms with Crippen molar-refractivity contribution in [2.75, 3.05) is 13.7 Å². The number of ether oxygens (including phenoxy) is 1. The van der Waals surface area contributed by atoms with Gasteiger partial charge in [-0.3, -0.25) is 0 Å². The highest BCUT2D eigenvalue weighted by molar-refractivity contribution is 7.81. The maximum atomic E-state index is 5.19. The monoisotopic (exact) mass is 188 g/mol. The number of rotatable bonds is 2. The van der Waals surface area contributed by atoms with E-state index in [1.165, 1.54) is 12.8 Å². The smallest absolute Gasteiger partial charge is 0.0501 e. The van der Waals surface area contributed by atoms with Crippen LogP contribution in [0.4, 0.5) is 0 Å². The van der Waals surface area contributed by atoms with E-state index in [1.807, 2.05) is 0 Å². The second-order valence-electron chi connectivity index (χ2n) is 4.12. The Balaban J connectivity index is 2.46. The average molecular weight is 188 g/mol. The van der Waals surface area contributed by atoms with E-state index in [0.717, 1.165) is 18.4 Å². The average Bonchev–Trinajstić information content (AvgIpc) is 2.07. The predicted octanol–water partition coefficient (Wildman–Crippen LogP) is 2.61. The van der Waals surface area contributed by atoms with Gasteiger partial charge in [-0.25, -0.2) is 0 Å². The van der Waals surface area contributed by atoms with Crippen LogP contribution in [0.25, 0.3) is 0 Å². The molecular weight excluding hydrogens is 168 g/mol. The zero-order valence-corrected chi connectivity index (χ0v) is 9.18. The van der Waals surface area contributed by atoms with Crippen LogP contribution >= 0.6 is 12.6 Å². The molecule has 4 unspecified atom stereocenters. The van der Waals surface area contributed by atoms with Crippen LogP contribution in [0.3, 0.4) is 0 Å².